The third kappa shape index (κ3) is 6.73. The van der Waals surface area contributed by atoms with Crippen LogP contribution in [-0.2, 0) is 11.3 Å². The molecule has 3 rings (SSSR count). The van der Waals surface area contributed by atoms with Crippen molar-refractivity contribution in [3.05, 3.63) is 53.7 Å². The third-order valence-corrected chi connectivity index (χ3v) is 4.99. The maximum atomic E-state index is 13.0. The first-order valence-corrected chi connectivity index (χ1v) is 10.4. The number of carbonyl (C=O) groups is 2. The highest BCUT2D eigenvalue weighted by molar-refractivity contribution is 5.92. The van der Waals surface area contributed by atoms with Gasteiger partial charge in [0.1, 0.15) is 29.5 Å². The van der Waals surface area contributed by atoms with Gasteiger partial charge in [-0.2, -0.15) is 0 Å². The largest absolute Gasteiger partial charge is 0.486 e. The smallest absolute Gasteiger partial charge is 0.407 e. The first kappa shape index (κ1) is 22.7. The fourth-order valence-electron chi connectivity index (χ4n) is 3.52. The normalized spacial score (nSPS) is 15.4. The van der Waals surface area contributed by atoms with E-state index in [4.69, 9.17) is 13.9 Å². The molecule has 1 aliphatic rings. The second-order valence-corrected chi connectivity index (χ2v) is 8.81. The van der Waals surface area contributed by atoms with Crippen molar-refractivity contribution in [2.45, 2.75) is 64.2 Å². The summed E-state index contributed by atoms with van der Waals surface area (Å²) in [5, 5.41) is 5.81. The molecular formula is C23H29FN2O5. The monoisotopic (exact) mass is 432 g/mol. The van der Waals surface area contributed by atoms with Crippen molar-refractivity contribution in [1.82, 2.24) is 10.6 Å². The number of alkyl carbamates (subject to hydrolysis) is 1. The van der Waals surface area contributed by atoms with Gasteiger partial charge in [-0.05, 0) is 70.0 Å². The lowest BCUT2D eigenvalue weighted by molar-refractivity contribution is 0.0504. The number of amides is 2. The average molecular weight is 432 g/mol. The number of nitrogens with one attached hydrogen (secondary N) is 2. The maximum Gasteiger partial charge on any atom is 0.407 e. The van der Waals surface area contributed by atoms with Gasteiger partial charge >= 0.3 is 6.09 Å². The van der Waals surface area contributed by atoms with E-state index in [1.807, 2.05) is 0 Å². The number of benzene rings is 1. The molecule has 168 valence electrons. The van der Waals surface area contributed by atoms with E-state index < -0.39 is 17.2 Å². The molecule has 7 nitrogen and oxygen atoms in total. The third-order valence-electron chi connectivity index (χ3n) is 4.99. The van der Waals surface area contributed by atoms with Crippen LogP contribution in [-0.4, -0.2) is 29.7 Å². The Kier molecular flexibility index (Phi) is 6.87. The summed E-state index contributed by atoms with van der Waals surface area (Å²) in [5.41, 5.74) is -1.12. The van der Waals surface area contributed by atoms with Crippen LogP contribution < -0.4 is 15.4 Å². The zero-order chi connectivity index (χ0) is 22.5. The quantitative estimate of drug-likeness (QED) is 0.669. The molecule has 2 amide bonds. The lowest BCUT2D eigenvalue weighted by atomic mass is 9.97. The van der Waals surface area contributed by atoms with Gasteiger partial charge in [-0.3, -0.25) is 4.79 Å². The average Bonchev–Trinajstić information content (AvgIpc) is 3.35. The van der Waals surface area contributed by atoms with Crippen LogP contribution >= 0.6 is 0 Å². The molecule has 0 atom stereocenters. The zero-order valence-electron chi connectivity index (χ0n) is 18.1. The number of rotatable bonds is 7. The Labute approximate surface area is 181 Å². The molecule has 31 heavy (non-hydrogen) atoms. The van der Waals surface area contributed by atoms with Gasteiger partial charge in [-0.15, -0.1) is 0 Å². The molecule has 1 aromatic heterocycles. The Balaban J connectivity index is 1.56. The lowest BCUT2D eigenvalue weighted by Gasteiger charge is -2.31. The van der Waals surface area contributed by atoms with Crippen molar-refractivity contribution in [3.8, 4) is 5.75 Å². The molecule has 1 aromatic carbocycles. The summed E-state index contributed by atoms with van der Waals surface area (Å²) in [6.07, 6.45) is 2.94. The number of halogens is 1. The van der Waals surface area contributed by atoms with E-state index in [9.17, 15) is 14.0 Å². The van der Waals surface area contributed by atoms with E-state index in [2.05, 4.69) is 10.6 Å². The van der Waals surface area contributed by atoms with E-state index in [-0.39, 0.29) is 30.6 Å². The predicted molar refractivity (Wildman–Crippen MR) is 112 cm³/mol. The molecule has 0 spiro atoms. The van der Waals surface area contributed by atoms with Crippen LogP contribution in [0.2, 0.25) is 0 Å². The molecule has 1 heterocycles. The van der Waals surface area contributed by atoms with E-state index in [0.717, 1.165) is 25.7 Å². The summed E-state index contributed by atoms with van der Waals surface area (Å²) < 4.78 is 29.4. The van der Waals surface area contributed by atoms with E-state index in [0.29, 0.717) is 11.5 Å². The molecular weight excluding hydrogens is 403 g/mol. The van der Waals surface area contributed by atoms with Crippen molar-refractivity contribution in [2.75, 3.05) is 6.54 Å². The molecule has 0 saturated heterocycles. The Morgan fingerprint density at radius 2 is 1.77 bits per heavy atom. The molecule has 0 radical (unpaired) electrons. The van der Waals surface area contributed by atoms with Gasteiger partial charge in [-0.1, -0.05) is 12.8 Å². The number of furan rings is 1. The van der Waals surface area contributed by atoms with E-state index in [1.54, 1.807) is 32.9 Å². The van der Waals surface area contributed by atoms with E-state index >= 15 is 0 Å². The van der Waals surface area contributed by atoms with Crippen molar-refractivity contribution in [1.29, 1.82) is 0 Å². The molecule has 0 aliphatic heterocycles. The number of carbonyl (C=O) groups excluding carboxylic acids is 2. The molecule has 2 N–H and O–H groups in total. The fraction of sp³-hybridized carbons (Fsp3) is 0.478. The first-order chi connectivity index (χ1) is 14.6. The molecule has 1 aliphatic carbocycles. The van der Waals surface area contributed by atoms with Crippen LogP contribution in [0.25, 0.3) is 0 Å². The Morgan fingerprint density at radius 1 is 1.10 bits per heavy atom. The highest BCUT2D eigenvalue weighted by Crippen LogP contribution is 2.30. The van der Waals surface area contributed by atoms with Gasteiger partial charge in [0.15, 0.2) is 5.76 Å². The molecule has 0 bridgehead atoms. The van der Waals surface area contributed by atoms with Crippen LogP contribution in [0.5, 0.6) is 5.75 Å². The molecule has 2 aromatic rings. The summed E-state index contributed by atoms with van der Waals surface area (Å²) in [4.78, 5) is 24.8. The Bertz CT molecular complexity index is 895. The zero-order valence-corrected chi connectivity index (χ0v) is 18.1. The van der Waals surface area contributed by atoms with E-state index in [1.165, 1.54) is 24.3 Å². The summed E-state index contributed by atoms with van der Waals surface area (Å²) in [7, 11) is 0. The number of hydrogen-bond donors (Lipinski definition) is 2. The van der Waals surface area contributed by atoms with Crippen molar-refractivity contribution in [3.63, 3.8) is 0 Å². The van der Waals surface area contributed by atoms with Gasteiger partial charge in [0, 0.05) is 6.54 Å². The van der Waals surface area contributed by atoms with Crippen LogP contribution in [0.3, 0.4) is 0 Å². The number of hydrogen-bond acceptors (Lipinski definition) is 5. The fourth-order valence-corrected chi connectivity index (χ4v) is 3.52. The van der Waals surface area contributed by atoms with Crippen molar-refractivity contribution in [2.24, 2.45) is 0 Å². The SMILES string of the molecule is CC(C)(C)OC(=O)NCC1(NC(=O)c2ccc(COc3ccc(F)cc3)o2)CCCC1. The first-order valence-electron chi connectivity index (χ1n) is 10.4. The summed E-state index contributed by atoms with van der Waals surface area (Å²) in [6.45, 7) is 5.80. The molecule has 1 saturated carbocycles. The summed E-state index contributed by atoms with van der Waals surface area (Å²) in [5.74, 6) is 0.456. The van der Waals surface area contributed by atoms with Gasteiger partial charge < -0.3 is 24.5 Å². The second kappa shape index (κ2) is 9.41. The topological polar surface area (TPSA) is 89.8 Å². The minimum absolute atomic E-state index is 0.115. The van der Waals surface area contributed by atoms with Gasteiger partial charge in [0.2, 0.25) is 0 Å². The summed E-state index contributed by atoms with van der Waals surface area (Å²) in [6, 6.07) is 8.91. The van der Waals surface area contributed by atoms with Crippen LogP contribution in [0.4, 0.5) is 9.18 Å². The summed E-state index contributed by atoms with van der Waals surface area (Å²) >= 11 is 0. The van der Waals surface area contributed by atoms with Crippen molar-refractivity contribution >= 4 is 12.0 Å². The Hall–Kier alpha value is -3.03. The lowest BCUT2D eigenvalue weighted by Crippen LogP contribution is -2.54. The van der Waals surface area contributed by atoms with Gasteiger partial charge in [-0.25, -0.2) is 9.18 Å². The Morgan fingerprint density at radius 3 is 2.42 bits per heavy atom. The van der Waals surface area contributed by atoms with Gasteiger partial charge in [0.05, 0.1) is 5.54 Å². The minimum atomic E-state index is -0.587. The van der Waals surface area contributed by atoms with Crippen LogP contribution in [0, 0.1) is 5.82 Å². The highest BCUT2D eigenvalue weighted by Gasteiger charge is 2.37. The van der Waals surface area contributed by atoms with Crippen LogP contribution in [0.1, 0.15) is 62.8 Å². The van der Waals surface area contributed by atoms with Gasteiger partial charge in [0.25, 0.3) is 5.91 Å². The van der Waals surface area contributed by atoms with Crippen LogP contribution in [0.15, 0.2) is 40.8 Å². The predicted octanol–water partition coefficient (Wildman–Crippen LogP) is 4.57. The van der Waals surface area contributed by atoms with Crippen molar-refractivity contribution < 1.29 is 27.9 Å². The molecule has 1 fully saturated rings. The highest BCUT2D eigenvalue weighted by atomic mass is 19.1. The second-order valence-electron chi connectivity index (χ2n) is 8.81. The maximum absolute atomic E-state index is 13.0. The standard InChI is InChI=1S/C23H29FN2O5/c1-22(2,3)31-21(28)25-15-23(12-4-5-13-23)26-20(27)19-11-10-18(30-19)14-29-17-8-6-16(24)7-9-17/h6-11H,4-5,12-15H2,1-3H3,(H,25,28)(H,26,27). The number of ether oxygens (including phenoxy) is 2. The molecule has 0 unspecified atom stereocenters. The minimum Gasteiger partial charge on any atom is -0.486 e. The molecule has 8 heteroatoms.